The second-order valence-electron chi connectivity index (χ2n) is 5.91. The molecular formula is C16H15ClFN3O4. The maximum absolute atomic E-state index is 14.7. The number of carbonyl (C=O) groups is 1. The van der Waals surface area contributed by atoms with E-state index in [1.807, 2.05) is 0 Å². The summed E-state index contributed by atoms with van der Waals surface area (Å²) in [5, 5.41) is 2.79. The number of carbonyl (C=O) groups excluding carboxylic acids is 1. The lowest BCUT2D eigenvalue weighted by Gasteiger charge is -2.23. The Balaban J connectivity index is 1.88. The van der Waals surface area contributed by atoms with Crippen molar-refractivity contribution in [1.29, 1.82) is 0 Å². The SMILES string of the molecule is CC1Oc2cc(F)c(-c3c(Cl)n4n(c3=O)CCOCC4)cc2NC1=O. The second kappa shape index (κ2) is 5.89. The van der Waals surface area contributed by atoms with Gasteiger partial charge in [0.15, 0.2) is 6.10 Å². The van der Waals surface area contributed by atoms with Crippen LogP contribution in [0.4, 0.5) is 10.1 Å². The highest BCUT2D eigenvalue weighted by molar-refractivity contribution is 6.32. The molecule has 1 unspecified atom stereocenters. The monoisotopic (exact) mass is 367 g/mol. The van der Waals surface area contributed by atoms with Crippen LogP contribution in [0.3, 0.4) is 0 Å². The maximum Gasteiger partial charge on any atom is 0.276 e. The molecule has 132 valence electrons. The Morgan fingerprint density at radius 3 is 2.72 bits per heavy atom. The van der Waals surface area contributed by atoms with Gasteiger partial charge in [-0.1, -0.05) is 11.6 Å². The van der Waals surface area contributed by atoms with Crippen LogP contribution >= 0.6 is 11.6 Å². The molecule has 2 aromatic rings. The first-order valence-electron chi connectivity index (χ1n) is 7.85. The Morgan fingerprint density at radius 1 is 1.24 bits per heavy atom. The molecule has 1 aromatic carbocycles. The summed E-state index contributed by atoms with van der Waals surface area (Å²) in [6.45, 7) is 3.11. The van der Waals surface area contributed by atoms with Gasteiger partial charge in [-0.3, -0.25) is 14.3 Å². The second-order valence-corrected chi connectivity index (χ2v) is 6.27. The van der Waals surface area contributed by atoms with Crippen molar-refractivity contribution in [2.75, 3.05) is 18.5 Å². The van der Waals surface area contributed by atoms with E-state index in [0.717, 1.165) is 6.07 Å². The highest BCUT2D eigenvalue weighted by atomic mass is 35.5. The molecule has 1 aromatic heterocycles. The normalized spacial score (nSPS) is 19.5. The quantitative estimate of drug-likeness (QED) is 0.835. The van der Waals surface area contributed by atoms with Gasteiger partial charge in [0.2, 0.25) is 0 Å². The van der Waals surface area contributed by atoms with Gasteiger partial charge in [0, 0.05) is 11.6 Å². The molecule has 2 aliphatic rings. The number of fused-ring (bicyclic) bond motifs is 2. The number of nitrogens with zero attached hydrogens (tertiary/aromatic N) is 2. The highest BCUT2D eigenvalue weighted by Crippen LogP contribution is 2.37. The van der Waals surface area contributed by atoms with Crippen LogP contribution in [0.5, 0.6) is 5.75 Å². The summed E-state index contributed by atoms with van der Waals surface area (Å²) in [6.07, 6.45) is -0.711. The van der Waals surface area contributed by atoms with Crippen molar-refractivity contribution >= 4 is 23.2 Å². The smallest absolute Gasteiger partial charge is 0.276 e. The van der Waals surface area contributed by atoms with Crippen LogP contribution in [-0.4, -0.2) is 34.6 Å². The predicted octanol–water partition coefficient (Wildman–Crippen LogP) is 1.86. The number of benzene rings is 1. The molecule has 9 heteroatoms. The zero-order chi connectivity index (χ0) is 17.7. The van der Waals surface area contributed by atoms with Gasteiger partial charge in [0.25, 0.3) is 11.5 Å². The number of anilines is 1. The van der Waals surface area contributed by atoms with Crippen LogP contribution in [0.25, 0.3) is 11.1 Å². The molecule has 1 amide bonds. The molecule has 3 heterocycles. The highest BCUT2D eigenvalue weighted by Gasteiger charge is 2.28. The Kier molecular flexibility index (Phi) is 3.81. The van der Waals surface area contributed by atoms with Crippen molar-refractivity contribution in [3.63, 3.8) is 0 Å². The summed E-state index contributed by atoms with van der Waals surface area (Å²) < 4.78 is 28.4. The van der Waals surface area contributed by atoms with Crippen molar-refractivity contribution in [3.05, 3.63) is 33.5 Å². The number of hydrogen-bond acceptors (Lipinski definition) is 4. The molecule has 1 atom stereocenters. The number of amides is 1. The predicted molar refractivity (Wildman–Crippen MR) is 88.6 cm³/mol. The van der Waals surface area contributed by atoms with E-state index in [1.165, 1.54) is 10.7 Å². The summed E-state index contributed by atoms with van der Waals surface area (Å²) in [7, 11) is 0. The molecular weight excluding hydrogens is 353 g/mol. The van der Waals surface area contributed by atoms with Gasteiger partial charge in [0.1, 0.15) is 16.7 Å². The molecule has 0 saturated heterocycles. The van der Waals surface area contributed by atoms with E-state index in [2.05, 4.69) is 5.32 Å². The van der Waals surface area contributed by atoms with Gasteiger partial charge in [-0.05, 0) is 13.0 Å². The fourth-order valence-corrected chi connectivity index (χ4v) is 3.41. The third-order valence-electron chi connectivity index (χ3n) is 4.34. The lowest BCUT2D eigenvalue weighted by Crippen LogP contribution is -2.34. The Morgan fingerprint density at radius 2 is 1.96 bits per heavy atom. The molecule has 4 rings (SSSR count). The van der Waals surface area contributed by atoms with Crippen molar-refractivity contribution in [2.24, 2.45) is 0 Å². The van der Waals surface area contributed by atoms with E-state index in [1.54, 1.807) is 11.6 Å². The number of halogens is 2. The number of nitrogens with one attached hydrogen (secondary N) is 1. The topological polar surface area (TPSA) is 74.5 Å². The molecule has 2 aliphatic heterocycles. The van der Waals surface area contributed by atoms with Crippen molar-refractivity contribution in [3.8, 4) is 16.9 Å². The average Bonchev–Trinajstić information content (AvgIpc) is 2.74. The summed E-state index contributed by atoms with van der Waals surface area (Å²) in [5.41, 5.74) is 0.00778. The number of ether oxygens (including phenoxy) is 2. The first kappa shape index (κ1) is 16.2. The van der Waals surface area contributed by atoms with Crippen molar-refractivity contribution < 1.29 is 18.7 Å². The number of rotatable bonds is 1. The standard InChI is InChI=1S/C16H15ClFN3O4/c1-8-15(22)19-11-6-9(10(18)7-12(11)25-8)13-14(17)20-2-4-24-5-3-21(20)16(13)23/h6-8H,2-5H2,1H3,(H,19,22). The third-order valence-corrected chi connectivity index (χ3v) is 4.72. The number of aromatic nitrogens is 2. The Labute approximate surface area is 146 Å². The van der Waals surface area contributed by atoms with Gasteiger partial charge in [-0.25, -0.2) is 9.07 Å². The van der Waals surface area contributed by atoms with Gasteiger partial charge < -0.3 is 14.8 Å². The molecule has 0 fully saturated rings. The lowest BCUT2D eigenvalue weighted by atomic mass is 10.1. The van der Waals surface area contributed by atoms with Crippen LogP contribution in [-0.2, 0) is 22.6 Å². The van der Waals surface area contributed by atoms with Gasteiger partial charge in [0.05, 0.1) is 37.6 Å². The molecule has 0 spiro atoms. The first-order chi connectivity index (χ1) is 12.0. The van der Waals surface area contributed by atoms with E-state index in [0.29, 0.717) is 32.0 Å². The average molecular weight is 368 g/mol. The molecule has 7 nitrogen and oxygen atoms in total. The van der Waals surface area contributed by atoms with E-state index in [4.69, 9.17) is 21.1 Å². The molecule has 0 saturated carbocycles. The van der Waals surface area contributed by atoms with Gasteiger partial charge in [-0.2, -0.15) is 0 Å². The fraction of sp³-hybridized carbons (Fsp3) is 0.375. The largest absolute Gasteiger partial charge is 0.479 e. The zero-order valence-corrected chi connectivity index (χ0v) is 14.1. The molecule has 1 N–H and O–H groups in total. The van der Waals surface area contributed by atoms with Crippen LogP contribution in [0.2, 0.25) is 5.15 Å². The fourth-order valence-electron chi connectivity index (χ4n) is 3.05. The minimum Gasteiger partial charge on any atom is -0.479 e. The van der Waals surface area contributed by atoms with Gasteiger partial charge in [-0.15, -0.1) is 0 Å². The van der Waals surface area contributed by atoms with E-state index in [9.17, 15) is 14.0 Å². The maximum atomic E-state index is 14.7. The van der Waals surface area contributed by atoms with Gasteiger partial charge >= 0.3 is 0 Å². The molecule has 0 bridgehead atoms. The van der Waals surface area contributed by atoms with Crippen molar-refractivity contribution in [1.82, 2.24) is 9.36 Å². The van der Waals surface area contributed by atoms with E-state index in [-0.39, 0.29) is 27.9 Å². The summed E-state index contributed by atoms with van der Waals surface area (Å²) in [4.78, 5) is 24.5. The summed E-state index contributed by atoms with van der Waals surface area (Å²) in [6, 6.07) is 2.54. The van der Waals surface area contributed by atoms with Crippen LogP contribution in [0, 0.1) is 5.82 Å². The lowest BCUT2D eigenvalue weighted by molar-refractivity contribution is -0.122. The third kappa shape index (κ3) is 2.52. The summed E-state index contributed by atoms with van der Waals surface area (Å²) in [5.74, 6) is -0.754. The Bertz CT molecular complexity index is 936. The molecule has 0 radical (unpaired) electrons. The van der Waals surface area contributed by atoms with Crippen molar-refractivity contribution in [2.45, 2.75) is 26.1 Å². The van der Waals surface area contributed by atoms with E-state index >= 15 is 0 Å². The van der Waals surface area contributed by atoms with Crippen LogP contribution in [0.1, 0.15) is 6.92 Å². The van der Waals surface area contributed by atoms with E-state index < -0.39 is 17.5 Å². The number of hydrogen-bond donors (Lipinski definition) is 1. The zero-order valence-electron chi connectivity index (χ0n) is 13.3. The molecule has 0 aliphatic carbocycles. The minimum atomic E-state index is -0.711. The minimum absolute atomic E-state index is 0.0289. The molecule has 25 heavy (non-hydrogen) atoms. The first-order valence-corrected chi connectivity index (χ1v) is 8.23. The van der Waals surface area contributed by atoms with Crippen LogP contribution < -0.4 is 15.6 Å². The summed E-state index contributed by atoms with van der Waals surface area (Å²) >= 11 is 6.36. The van der Waals surface area contributed by atoms with Crippen LogP contribution in [0.15, 0.2) is 16.9 Å². The Hall–Kier alpha value is -2.32.